The number of fused-ring (bicyclic) bond motifs is 1. The largest absolute Gasteiger partial charge is 0.476 e. The summed E-state index contributed by atoms with van der Waals surface area (Å²) in [5.41, 5.74) is 5.01. The van der Waals surface area contributed by atoms with E-state index in [9.17, 15) is 4.79 Å². The van der Waals surface area contributed by atoms with Crippen LogP contribution >= 0.6 is 0 Å². The summed E-state index contributed by atoms with van der Waals surface area (Å²) in [6, 6.07) is 8.54. The number of piperazine rings is 1. The van der Waals surface area contributed by atoms with E-state index in [-0.39, 0.29) is 5.91 Å². The van der Waals surface area contributed by atoms with Crippen LogP contribution in [0.15, 0.2) is 36.7 Å². The Morgan fingerprint density at radius 3 is 2.74 bits per heavy atom. The highest BCUT2D eigenvalue weighted by Gasteiger charge is 2.21. The fraction of sp³-hybridized carbons (Fsp3) is 0.435. The van der Waals surface area contributed by atoms with Crippen LogP contribution < -0.4 is 20.3 Å². The molecule has 1 amide bonds. The third-order valence-corrected chi connectivity index (χ3v) is 6.12. The molecule has 2 saturated heterocycles. The summed E-state index contributed by atoms with van der Waals surface area (Å²) in [4.78, 5) is 18.6. The van der Waals surface area contributed by atoms with Gasteiger partial charge >= 0.3 is 0 Å². The molecule has 31 heavy (non-hydrogen) atoms. The number of aromatic nitrogens is 3. The average molecular weight is 421 g/mol. The zero-order chi connectivity index (χ0) is 21.2. The van der Waals surface area contributed by atoms with Gasteiger partial charge < -0.3 is 20.3 Å². The monoisotopic (exact) mass is 420 g/mol. The van der Waals surface area contributed by atoms with Crippen LogP contribution in [-0.2, 0) is 4.79 Å². The number of benzene rings is 1. The molecule has 0 aliphatic carbocycles. The number of aryl methyl sites for hydroxylation is 1. The molecule has 4 heterocycles. The molecule has 2 aliphatic heterocycles. The number of ether oxygens (including phenoxy) is 1. The van der Waals surface area contributed by atoms with E-state index in [0.717, 1.165) is 61.5 Å². The van der Waals surface area contributed by atoms with Crippen molar-refractivity contribution in [3.05, 3.63) is 42.2 Å². The minimum Gasteiger partial charge on any atom is -0.476 e. The summed E-state index contributed by atoms with van der Waals surface area (Å²) < 4.78 is 7.96. The Bertz CT molecular complexity index is 1070. The molecule has 2 aromatic heterocycles. The second kappa shape index (κ2) is 8.55. The van der Waals surface area contributed by atoms with Gasteiger partial charge in [0.2, 0.25) is 11.8 Å². The van der Waals surface area contributed by atoms with Crippen molar-refractivity contribution in [3.63, 3.8) is 0 Å². The van der Waals surface area contributed by atoms with Gasteiger partial charge in [0, 0.05) is 56.0 Å². The molecular formula is C23H28N6O2. The van der Waals surface area contributed by atoms with E-state index in [1.54, 1.807) is 0 Å². The fourth-order valence-corrected chi connectivity index (χ4v) is 4.32. The lowest BCUT2D eigenvalue weighted by Crippen LogP contribution is -2.43. The maximum Gasteiger partial charge on any atom is 0.240 e. The first-order chi connectivity index (χ1) is 15.2. The third kappa shape index (κ3) is 4.20. The highest BCUT2D eigenvalue weighted by atomic mass is 16.5. The van der Waals surface area contributed by atoms with Crippen LogP contribution in [0, 0.1) is 12.8 Å². The fourth-order valence-electron chi connectivity index (χ4n) is 4.32. The molecular weight excluding hydrogens is 392 g/mol. The zero-order valence-electron chi connectivity index (χ0n) is 17.8. The summed E-state index contributed by atoms with van der Waals surface area (Å²) in [6.45, 7) is 7.36. The molecule has 1 aromatic carbocycles. The molecule has 162 valence electrons. The molecule has 0 radical (unpaired) electrons. The third-order valence-electron chi connectivity index (χ3n) is 6.12. The SMILES string of the molecule is Cc1cnn2cc(-c3ccc(N4CCNCC4)cc3)nc(OCC[C@H]3CNC(=O)C3)c12. The van der Waals surface area contributed by atoms with Gasteiger partial charge in [-0.1, -0.05) is 12.1 Å². The van der Waals surface area contributed by atoms with Crippen LogP contribution in [0.4, 0.5) is 5.69 Å². The summed E-state index contributed by atoms with van der Waals surface area (Å²) in [5, 5.41) is 10.7. The Morgan fingerprint density at radius 1 is 1.19 bits per heavy atom. The van der Waals surface area contributed by atoms with Crippen molar-refractivity contribution < 1.29 is 9.53 Å². The first kappa shape index (κ1) is 19.8. The van der Waals surface area contributed by atoms with Gasteiger partial charge in [-0.2, -0.15) is 5.10 Å². The highest BCUT2D eigenvalue weighted by molar-refractivity contribution is 5.78. The van der Waals surface area contributed by atoms with E-state index in [1.807, 2.05) is 23.8 Å². The molecule has 8 heteroatoms. The van der Waals surface area contributed by atoms with Gasteiger partial charge in [-0.3, -0.25) is 4.79 Å². The number of anilines is 1. The van der Waals surface area contributed by atoms with Gasteiger partial charge in [-0.25, -0.2) is 9.50 Å². The number of hydrogen-bond donors (Lipinski definition) is 2. The number of hydrogen-bond acceptors (Lipinski definition) is 6. The quantitative estimate of drug-likeness (QED) is 0.635. The van der Waals surface area contributed by atoms with Crippen molar-refractivity contribution in [2.45, 2.75) is 19.8 Å². The van der Waals surface area contributed by atoms with E-state index >= 15 is 0 Å². The smallest absolute Gasteiger partial charge is 0.240 e. The first-order valence-corrected chi connectivity index (χ1v) is 11.0. The Hall–Kier alpha value is -3.13. The second-order valence-electron chi connectivity index (χ2n) is 8.35. The number of amides is 1. The van der Waals surface area contributed by atoms with Crippen LogP contribution in [0.2, 0.25) is 0 Å². The first-order valence-electron chi connectivity index (χ1n) is 11.0. The normalized spacial score (nSPS) is 19.1. The van der Waals surface area contributed by atoms with Crippen molar-refractivity contribution in [3.8, 4) is 17.1 Å². The van der Waals surface area contributed by atoms with Crippen LogP contribution in [-0.4, -0.2) is 59.8 Å². The Kier molecular flexibility index (Phi) is 5.46. The zero-order valence-corrected chi connectivity index (χ0v) is 17.8. The van der Waals surface area contributed by atoms with Gasteiger partial charge in [0.1, 0.15) is 5.52 Å². The Balaban J connectivity index is 1.37. The number of carbonyl (C=O) groups is 1. The van der Waals surface area contributed by atoms with Gasteiger partial charge in [0.15, 0.2) is 0 Å². The molecule has 5 rings (SSSR count). The van der Waals surface area contributed by atoms with Crippen molar-refractivity contribution in [2.24, 2.45) is 5.92 Å². The topological polar surface area (TPSA) is 83.8 Å². The van der Waals surface area contributed by atoms with Crippen LogP contribution in [0.3, 0.4) is 0 Å². The molecule has 0 spiro atoms. The molecule has 2 fully saturated rings. The van der Waals surface area contributed by atoms with E-state index in [1.165, 1.54) is 5.69 Å². The van der Waals surface area contributed by atoms with Crippen LogP contribution in [0.5, 0.6) is 5.88 Å². The molecule has 3 aromatic rings. The number of nitrogens with zero attached hydrogens (tertiary/aromatic N) is 4. The lowest BCUT2D eigenvalue weighted by atomic mass is 10.1. The van der Waals surface area contributed by atoms with Crippen molar-refractivity contribution in [1.29, 1.82) is 0 Å². The van der Waals surface area contributed by atoms with Gasteiger partial charge in [-0.15, -0.1) is 0 Å². The van der Waals surface area contributed by atoms with Crippen molar-refractivity contribution in [2.75, 3.05) is 44.2 Å². The minimum atomic E-state index is 0.128. The standard InChI is InChI=1S/C23H28N6O2/c1-16-13-26-29-15-20(18-2-4-19(5-3-18)28-9-7-24-8-10-28)27-23(22(16)29)31-11-6-17-12-21(30)25-14-17/h2-5,13,15,17,24H,6-12,14H2,1H3,(H,25,30)/t17-/m1/s1. The minimum absolute atomic E-state index is 0.128. The predicted molar refractivity (Wildman–Crippen MR) is 119 cm³/mol. The highest BCUT2D eigenvalue weighted by Crippen LogP contribution is 2.28. The molecule has 2 N–H and O–H groups in total. The molecule has 0 saturated carbocycles. The molecule has 1 atom stereocenters. The number of carbonyl (C=O) groups excluding carboxylic acids is 1. The number of nitrogens with one attached hydrogen (secondary N) is 2. The van der Waals surface area contributed by atoms with Crippen molar-refractivity contribution in [1.82, 2.24) is 25.2 Å². The second-order valence-corrected chi connectivity index (χ2v) is 8.35. The van der Waals surface area contributed by atoms with E-state index in [0.29, 0.717) is 24.8 Å². The summed E-state index contributed by atoms with van der Waals surface area (Å²) in [7, 11) is 0. The Morgan fingerprint density at radius 2 is 2.00 bits per heavy atom. The van der Waals surface area contributed by atoms with Crippen LogP contribution in [0.25, 0.3) is 16.8 Å². The molecule has 0 unspecified atom stereocenters. The number of rotatable bonds is 6. The summed E-state index contributed by atoms with van der Waals surface area (Å²) in [5.74, 6) is 1.05. The van der Waals surface area contributed by atoms with Gasteiger partial charge in [0.05, 0.1) is 24.7 Å². The maximum atomic E-state index is 11.4. The van der Waals surface area contributed by atoms with E-state index in [4.69, 9.17) is 9.72 Å². The van der Waals surface area contributed by atoms with Crippen molar-refractivity contribution >= 4 is 17.1 Å². The summed E-state index contributed by atoms with van der Waals surface area (Å²) in [6.07, 6.45) is 5.19. The predicted octanol–water partition coefficient (Wildman–Crippen LogP) is 2.02. The molecule has 8 nitrogen and oxygen atoms in total. The van der Waals surface area contributed by atoms with Gasteiger partial charge in [0.25, 0.3) is 0 Å². The molecule has 2 aliphatic rings. The Labute approximate surface area is 181 Å². The summed E-state index contributed by atoms with van der Waals surface area (Å²) >= 11 is 0. The van der Waals surface area contributed by atoms with E-state index < -0.39 is 0 Å². The van der Waals surface area contributed by atoms with Gasteiger partial charge in [-0.05, 0) is 31.4 Å². The molecule has 0 bridgehead atoms. The van der Waals surface area contributed by atoms with E-state index in [2.05, 4.69) is 44.9 Å². The lowest BCUT2D eigenvalue weighted by Gasteiger charge is -2.29. The average Bonchev–Trinajstić information content (AvgIpc) is 3.39. The maximum absolute atomic E-state index is 11.4. The van der Waals surface area contributed by atoms with Crippen LogP contribution in [0.1, 0.15) is 18.4 Å². The lowest BCUT2D eigenvalue weighted by molar-refractivity contribution is -0.119.